The van der Waals surface area contributed by atoms with Crippen LogP contribution in [0.25, 0.3) is 0 Å². The van der Waals surface area contributed by atoms with E-state index < -0.39 is 5.97 Å². The highest BCUT2D eigenvalue weighted by Gasteiger charge is 2.09. The number of rotatable bonds is 4. The third-order valence-corrected chi connectivity index (χ3v) is 3.35. The quantitative estimate of drug-likeness (QED) is 0.924. The Labute approximate surface area is 120 Å². The molecular weight excluding hydrogens is 308 g/mol. The zero-order valence-electron chi connectivity index (χ0n) is 10.4. The summed E-state index contributed by atoms with van der Waals surface area (Å²) >= 11 is 3.20. The Morgan fingerprint density at radius 2 is 2.05 bits per heavy atom. The molecular formula is C15H13BrO3. The molecule has 3 nitrogen and oxygen atoms in total. The minimum absolute atomic E-state index is 0.196. The van der Waals surface area contributed by atoms with Crippen molar-refractivity contribution in [3.8, 4) is 5.75 Å². The second-order valence-electron chi connectivity index (χ2n) is 4.22. The molecule has 0 radical (unpaired) electrons. The van der Waals surface area contributed by atoms with E-state index in [1.165, 1.54) is 11.6 Å². The number of ether oxygens (including phenoxy) is 1. The number of hydrogen-bond acceptors (Lipinski definition) is 2. The van der Waals surface area contributed by atoms with Crippen LogP contribution in [0.4, 0.5) is 0 Å². The third-order valence-electron chi connectivity index (χ3n) is 2.66. The van der Waals surface area contributed by atoms with Crippen molar-refractivity contribution in [3.63, 3.8) is 0 Å². The van der Waals surface area contributed by atoms with E-state index in [4.69, 9.17) is 9.84 Å². The first-order chi connectivity index (χ1) is 9.06. The summed E-state index contributed by atoms with van der Waals surface area (Å²) in [7, 11) is 0. The number of carboxylic acid groups (broad SMARTS) is 1. The molecule has 0 fully saturated rings. The highest BCUT2D eigenvalue weighted by molar-refractivity contribution is 9.10. The van der Waals surface area contributed by atoms with Gasteiger partial charge in [0.1, 0.15) is 12.4 Å². The van der Waals surface area contributed by atoms with E-state index in [0.29, 0.717) is 16.8 Å². The van der Waals surface area contributed by atoms with Gasteiger partial charge in [0.05, 0.1) is 5.56 Å². The summed E-state index contributed by atoms with van der Waals surface area (Å²) in [5.41, 5.74) is 2.42. The predicted octanol–water partition coefficient (Wildman–Crippen LogP) is 4.03. The van der Waals surface area contributed by atoms with Crippen LogP contribution in [0.2, 0.25) is 0 Å². The molecule has 0 atom stereocenters. The zero-order valence-corrected chi connectivity index (χ0v) is 12.0. The summed E-state index contributed by atoms with van der Waals surface area (Å²) in [5, 5.41) is 9.03. The number of carbonyl (C=O) groups is 1. The largest absolute Gasteiger partial charge is 0.489 e. The van der Waals surface area contributed by atoms with Crippen molar-refractivity contribution in [2.45, 2.75) is 13.5 Å². The Kier molecular flexibility index (Phi) is 4.22. The Morgan fingerprint density at radius 3 is 2.74 bits per heavy atom. The Morgan fingerprint density at radius 1 is 1.26 bits per heavy atom. The molecule has 98 valence electrons. The van der Waals surface area contributed by atoms with Gasteiger partial charge in [-0.25, -0.2) is 4.79 Å². The standard InChI is InChI=1S/C15H13BrO3/c1-10-3-2-4-11(7-10)9-19-12-5-6-14(16)13(8-12)15(17)18/h2-8H,9H2,1H3,(H,17,18). The molecule has 0 heterocycles. The summed E-state index contributed by atoms with van der Waals surface area (Å²) in [6.45, 7) is 2.44. The van der Waals surface area contributed by atoms with Crippen LogP contribution in [0, 0.1) is 6.92 Å². The van der Waals surface area contributed by atoms with E-state index in [1.807, 2.05) is 31.2 Å². The molecule has 0 spiro atoms. The minimum atomic E-state index is -0.979. The first-order valence-electron chi connectivity index (χ1n) is 5.77. The topological polar surface area (TPSA) is 46.5 Å². The maximum Gasteiger partial charge on any atom is 0.336 e. The van der Waals surface area contributed by atoms with Gasteiger partial charge < -0.3 is 9.84 Å². The van der Waals surface area contributed by atoms with Gasteiger partial charge in [0.2, 0.25) is 0 Å². The van der Waals surface area contributed by atoms with Crippen LogP contribution in [0.15, 0.2) is 46.9 Å². The van der Waals surface area contributed by atoms with E-state index in [2.05, 4.69) is 15.9 Å². The van der Waals surface area contributed by atoms with E-state index >= 15 is 0 Å². The maximum absolute atomic E-state index is 11.0. The average Bonchev–Trinajstić information content (AvgIpc) is 2.37. The van der Waals surface area contributed by atoms with Crippen LogP contribution in [0.5, 0.6) is 5.75 Å². The zero-order chi connectivity index (χ0) is 13.8. The fourth-order valence-electron chi connectivity index (χ4n) is 1.73. The second-order valence-corrected chi connectivity index (χ2v) is 5.08. The smallest absolute Gasteiger partial charge is 0.336 e. The molecule has 0 unspecified atom stereocenters. The second kappa shape index (κ2) is 5.89. The first kappa shape index (κ1) is 13.6. The van der Waals surface area contributed by atoms with E-state index in [0.717, 1.165) is 5.56 Å². The molecule has 0 aromatic heterocycles. The molecule has 0 amide bonds. The van der Waals surface area contributed by atoms with E-state index in [-0.39, 0.29) is 5.56 Å². The van der Waals surface area contributed by atoms with Gasteiger partial charge in [-0.1, -0.05) is 29.8 Å². The number of carboxylic acids is 1. The number of aromatic carboxylic acids is 1. The molecule has 0 saturated heterocycles. The van der Waals surface area contributed by atoms with Crippen molar-refractivity contribution in [1.82, 2.24) is 0 Å². The summed E-state index contributed by atoms with van der Waals surface area (Å²) in [5.74, 6) is -0.435. The average molecular weight is 321 g/mol. The Bertz CT molecular complexity index is 608. The van der Waals surface area contributed by atoms with Crippen LogP contribution >= 0.6 is 15.9 Å². The molecule has 2 aromatic rings. The van der Waals surface area contributed by atoms with Gasteiger partial charge in [0, 0.05) is 4.47 Å². The lowest BCUT2D eigenvalue weighted by atomic mass is 10.1. The van der Waals surface area contributed by atoms with Gasteiger partial charge >= 0.3 is 5.97 Å². The molecule has 0 aliphatic rings. The number of halogens is 1. The number of aryl methyl sites for hydroxylation is 1. The van der Waals surface area contributed by atoms with E-state index in [1.54, 1.807) is 12.1 Å². The fraction of sp³-hybridized carbons (Fsp3) is 0.133. The van der Waals surface area contributed by atoms with Crippen LogP contribution in [-0.2, 0) is 6.61 Å². The summed E-state index contributed by atoms with van der Waals surface area (Å²) < 4.78 is 6.15. The summed E-state index contributed by atoms with van der Waals surface area (Å²) in [6, 6.07) is 12.9. The monoisotopic (exact) mass is 320 g/mol. The van der Waals surface area contributed by atoms with Crippen molar-refractivity contribution in [3.05, 3.63) is 63.6 Å². The molecule has 2 rings (SSSR count). The van der Waals surface area contributed by atoms with Gasteiger partial charge in [0.15, 0.2) is 0 Å². The first-order valence-corrected chi connectivity index (χ1v) is 6.57. The fourth-order valence-corrected chi connectivity index (χ4v) is 2.14. The molecule has 4 heteroatoms. The van der Waals surface area contributed by atoms with Crippen molar-refractivity contribution in [1.29, 1.82) is 0 Å². The van der Waals surface area contributed by atoms with Crippen LogP contribution in [-0.4, -0.2) is 11.1 Å². The number of benzene rings is 2. The normalized spacial score (nSPS) is 10.2. The number of hydrogen-bond donors (Lipinski definition) is 1. The third kappa shape index (κ3) is 3.58. The SMILES string of the molecule is Cc1cccc(COc2ccc(Br)c(C(=O)O)c2)c1. The molecule has 0 bridgehead atoms. The van der Waals surface area contributed by atoms with Gasteiger partial charge in [-0.15, -0.1) is 0 Å². The Balaban J connectivity index is 2.12. The lowest BCUT2D eigenvalue weighted by Crippen LogP contribution is -2.00. The van der Waals surface area contributed by atoms with Crippen LogP contribution < -0.4 is 4.74 Å². The molecule has 0 saturated carbocycles. The molecule has 0 aliphatic heterocycles. The molecule has 2 aromatic carbocycles. The maximum atomic E-state index is 11.0. The lowest BCUT2D eigenvalue weighted by molar-refractivity contribution is 0.0695. The summed E-state index contributed by atoms with van der Waals surface area (Å²) in [6.07, 6.45) is 0. The van der Waals surface area contributed by atoms with Crippen molar-refractivity contribution in [2.24, 2.45) is 0 Å². The highest BCUT2D eigenvalue weighted by Crippen LogP contribution is 2.23. The Hall–Kier alpha value is -1.81. The van der Waals surface area contributed by atoms with Gasteiger partial charge in [-0.2, -0.15) is 0 Å². The molecule has 19 heavy (non-hydrogen) atoms. The van der Waals surface area contributed by atoms with Gasteiger partial charge in [-0.3, -0.25) is 0 Å². The minimum Gasteiger partial charge on any atom is -0.489 e. The predicted molar refractivity (Wildman–Crippen MR) is 76.6 cm³/mol. The van der Waals surface area contributed by atoms with Crippen molar-refractivity contribution < 1.29 is 14.6 Å². The molecule has 0 aliphatic carbocycles. The van der Waals surface area contributed by atoms with E-state index in [9.17, 15) is 4.79 Å². The summed E-state index contributed by atoms with van der Waals surface area (Å²) in [4.78, 5) is 11.0. The van der Waals surface area contributed by atoms with Crippen molar-refractivity contribution in [2.75, 3.05) is 0 Å². The lowest BCUT2D eigenvalue weighted by Gasteiger charge is -2.08. The van der Waals surface area contributed by atoms with Gasteiger partial charge in [-0.05, 0) is 46.6 Å². The van der Waals surface area contributed by atoms with Gasteiger partial charge in [0.25, 0.3) is 0 Å². The molecule has 1 N–H and O–H groups in total. The highest BCUT2D eigenvalue weighted by atomic mass is 79.9. The van der Waals surface area contributed by atoms with Crippen LogP contribution in [0.3, 0.4) is 0 Å². The van der Waals surface area contributed by atoms with Crippen LogP contribution in [0.1, 0.15) is 21.5 Å². The van der Waals surface area contributed by atoms with Crippen molar-refractivity contribution >= 4 is 21.9 Å².